The van der Waals surface area contributed by atoms with Crippen molar-refractivity contribution in [1.82, 2.24) is 5.32 Å². The number of phenols is 1. The quantitative estimate of drug-likeness (QED) is 0.781. The maximum Gasteiger partial charge on any atom is 0.255 e. The first-order chi connectivity index (χ1) is 9.10. The van der Waals surface area contributed by atoms with E-state index >= 15 is 0 Å². The van der Waals surface area contributed by atoms with E-state index in [1.807, 2.05) is 6.92 Å². The standard InChI is InChI=1S/C15H21NO3/c1-10-2-7-14(18)13(8-10)15(19)16-12-5-3-11(9-17)4-6-12/h2,7-8,11-12,17-18H,3-6,9H2,1H3,(H,16,19). The van der Waals surface area contributed by atoms with E-state index in [0.717, 1.165) is 31.2 Å². The Morgan fingerprint density at radius 2 is 2.00 bits per heavy atom. The molecular formula is C15H21NO3. The normalized spacial score (nSPS) is 23.1. The fourth-order valence-electron chi connectivity index (χ4n) is 2.58. The molecule has 104 valence electrons. The fourth-order valence-corrected chi connectivity index (χ4v) is 2.58. The number of hydrogen-bond donors (Lipinski definition) is 3. The first-order valence-electron chi connectivity index (χ1n) is 6.81. The molecule has 1 saturated carbocycles. The zero-order valence-corrected chi connectivity index (χ0v) is 11.2. The van der Waals surface area contributed by atoms with Crippen LogP contribution in [0.25, 0.3) is 0 Å². The van der Waals surface area contributed by atoms with Crippen LogP contribution in [-0.4, -0.2) is 28.8 Å². The second-order valence-electron chi connectivity index (χ2n) is 5.39. The van der Waals surface area contributed by atoms with Crippen molar-refractivity contribution in [3.05, 3.63) is 29.3 Å². The summed E-state index contributed by atoms with van der Waals surface area (Å²) in [6.45, 7) is 2.13. The molecule has 1 aliphatic rings. The molecule has 1 aromatic carbocycles. The molecular weight excluding hydrogens is 242 g/mol. The van der Waals surface area contributed by atoms with Crippen LogP contribution in [0.1, 0.15) is 41.6 Å². The molecule has 0 aromatic heterocycles. The lowest BCUT2D eigenvalue weighted by atomic mass is 9.86. The van der Waals surface area contributed by atoms with Gasteiger partial charge in [0.2, 0.25) is 0 Å². The van der Waals surface area contributed by atoms with Gasteiger partial charge in [-0.3, -0.25) is 4.79 Å². The molecule has 3 N–H and O–H groups in total. The summed E-state index contributed by atoms with van der Waals surface area (Å²) >= 11 is 0. The summed E-state index contributed by atoms with van der Waals surface area (Å²) in [6, 6.07) is 5.17. The lowest BCUT2D eigenvalue weighted by Crippen LogP contribution is -2.38. The number of carbonyl (C=O) groups excluding carboxylic acids is 1. The number of nitrogens with one attached hydrogen (secondary N) is 1. The zero-order valence-electron chi connectivity index (χ0n) is 11.2. The van der Waals surface area contributed by atoms with Crippen molar-refractivity contribution in [2.45, 2.75) is 38.6 Å². The Morgan fingerprint density at radius 1 is 1.32 bits per heavy atom. The minimum Gasteiger partial charge on any atom is -0.507 e. The van der Waals surface area contributed by atoms with Crippen LogP contribution in [0.2, 0.25) is 0 Å². The van der Waals surface area contributed by atoms with Gasteiger partial charge in [-0.2, -0.15) is 0 Å². The maximum atomic E-state index is 12.1. The third kappa shape index (κ3) is 3.47. The monoisotopic (exact) mass is 263 g/mol. The van der Waals surface area contributed by atoms with E-state index in [0.29, 0.717) is 11.5 Å². The molecule has 0 bridgehead atoms. The predicted octanol–water partition coefficient (Wildman–Crippen LogP) is 1.98. The van der Waals surface area contributed by atoms with Crippen molar-refractivity contribution >= 4 is 5.91 Å². The highest BCUT2D eigenvalue weighted by Crippen LogP contribution is 2.25. The Bertz CT molecular complexity index is 451. The Morgan fingerprint density at radius 3 is 2.63 bits per heavy atom. The highest BCUT2D eigenvalue weighted by atomic mass is 16.3. The molecule has 1 amide bonds. The first-order valence-corrected chi connectivity index (χ1v) is 6.81. The van der Waals surface area contributed by atoms with E-state index < -0.39 is 0 Å². The summed E-state index contributed by atoms with van der Waals surface area (Å²) in [6.07, 6.45) is 3.68. The van der Waals surface area contributed by atoms with E-state index in [2.05, 4.69) is 5.32 Å². The molecule has 2 rings (SSSR count). The molecule has 1 aliphatic carbocycles. The predicted molar refractivity (Wildman–Crippen MR) is 73.1 cm³/mol. The molecule has 1 aromatic rings. The number of benzene rings is 1. The van der Waals surface area contributed by atoms with Gasteiger partial charge < -0.3 is 15.5 Å². The molecule has 0 spiro atoms. The van der Waals surface area contributed by atoms with E-state index in [-0.39, 0.29) is 24.3 Å². The van der Waals surface area contributed by atoms with Gasteiger partial charge in [-0.1, -0.05) is 11.6 Å². The van der Waals surface area contributed by atoms with Crippen LogP contribution >= 0.6 is 0 Å². The number of hydrogen-bond acceptors (Lipinski definition) is 3. The van der Waals surface area contributed by atoms with Crippen molar-refractivity contribution in [3.8, 4) is 5.75 Å². The summed E-state index contributed by atoms with van der Waals surface area (Å²) in [7, 11) is 0. The van der Waals surface area contributed by atoms with Gasteiger partial charge in [0, 0.05) is 12.6 Å². The average molecular weight is 263 g/mol. The van der Waals surface area contributed by atoms with Crippen molar-refractivity contribution in [3.63, 3.8) is 0 Å². The van der Waals surface area contributed by atoms with E-state index in [1.54, 1.807) is 18.2 Å². The van der Waals surface area contributed by atoms with Crippen molar-refractivity contribution in [1.29, 1.82) is 0 Å². The van der Waals surface area contributed by atoms with Gasteiger partial charge in [0.15, 0.2) is 0 Å². The molecule has 0 atom stereocenters. The van der Waals surface area contributed by atoms with Gasteiger partial charge in [0.25, 0.3) is 5.91 Å². The summed E-state index contributed by atoms with van der Waals surface area (Å²) in [4.78, 5) is 12.1. The van der Waals surface area contributed by atoms with Gasteiger partial charge in [-0.25, -0.2) is 0 Å². The molecule has 19 heavy (non-hydrogen) atoms. The van der Waals surface area contributed by atoms with E-state index in [4.69, 9.17) is 5.11 Å². The third-order valence-corrected chi connectivity index (χ3v) is 3.84. The van der Waals surface area contributed by atoms with Gasteiger partial charge in [-0.15, -0.1) is 0 Å². The average Bonchev–Trinajstić information content (AvgIpc) is 2.42. The minimum absolute atomic E-state index is 0.0205. The number of amides is 1. The number of aliphatic hydroxyl groups excluding tert-OH is 1. The second kappa shape index (κ2) is 6.06. The van der Waals surface area contributed by atoms with Crippen LogP contribution < -0.4 is 5.32 Å². The largest absolute Gasteiger partial charge is 0.507 e. The Balaban J connectivity index is 1.96. The van der Waals surface area contributed by atoms with Crippen LogP contribution in [0.4, 0.5) is 0 Å². The van der Waals surface area contributed by atoms with Crippen LogP contribution in [0.3, 0.4) is 0 Å². The SMILES string of the molecule is Cc1ccc(O)c(C(=O)NC2CCC(CO)CC2)c1. The number of carbonyl (C=O) groups is 1. The fraction of sp³-hybridized carbons (Fsp3) is 0.533. The van der Waals surface area contributed by atoms with Crippen LogP contribution in [-0.2, 0) is 0 Å². The topological polar surface area (TPSA) is 69.6 Å². The first kappa shape index (κ1) is 13.9. The highest BCUT2D eigenvalue weighted by molar-refractivity contribution is 5.97. The lowest BCUT2D eigenvalue weighted by Gasteiger charge is -2.28. The van der Waals surface area contributed by atoms with Crippen molar-refractivity contribution in [2.24, 2.45) is 5.92 Å². The zero-order chi connectivity index (χ0) is 13.8. The number of phenolic OH excluding ortho intramolecular Hbond substituents is 1. The smallest absolute Gasteiger partial charge is 0.255 e. The molecule has 4 heteroatoms. The van der Waals surface area contributed by atoms with E-state index in [1.165, 1.54) is 0 Å². The number of aryl methyl sites for hydroxylation is 1. The van der Waals surface area contributed by atoms with Gasteiger partial charge >= 0.3 is 0 Å². The maximum absolute atomic E-state index is 12.1. The number of aromatic hydroxyl groups is 1. The number of rotatable bonds is 3. The van der Waals surface area contributed by atoms with Crippen LogP contribution in [0.5, 0.6) is 5.75 Å². The summed E-state index contributed by atoms with van der Waals surface area (Å²) in [5.41, 5.74) is 1.29. The highest BCUT2D eigenvalue weighted by Gasteiger charge is 2.23. The van der Waals surface area contributed by atoms with Crippen molar-refractivity contribution in [2.75, 3.05) is 6.61 Å². The van der Waals surface area contributed by atoms with Crippen molar-refractivity contribution < 1.29 is 15.0 Å². The Labute approximate surface area is 113 Å². The third-order valence-electron chi connectivity index (χ3n) is 3.84. The molecule has 1 fully saturated rings. The Kier molecular flexibility index (Phi) is 4.43. The molecule has 4 nitrogen and oxygen atoms in total. The molecule has 0 unspecified atom stereocenters. The van der Waals surface area contributed by atoms with Crippen LogP contribution in [0, 0.1) is 12.8 Å². The van der Waals surface area contributed by atoms with E-state index in [9.17, 15) is 9.90 Å². The molecule has 0 radical (unpaired) electrons. The second-order valence-corrected chi connectivity index (χ2v) is 5.39. The summed E-state index contributed by atoms with van der Waals surface area (Å²) < 4.78 is 0. The molecule has 0 saturated heterocycles. The minimum atomic E-state index is -0.214. The Hall–Kier alpha value is -1.55. The summed E-state index contributed by atoms with van der Waals surface area (Å²) in [5, 5.41) is 21.8. The lowest BCUT2D eigenvalue weighted by molar-refractivity contribution is 0.0911. The molecule has 0 aliphatic heterocycles. The van der Waals surface area contributed by atoms with Gasteiger partial charge in [0.1, 0.15) is 5.75 Å². The van der Waals surface area contributed by atoms with Gasteiger partial charge in [0.05, 0.1) is 5.56 Å². The van der Waals surface area contributed by atoms with Gasteiger partial charge in [-0.05, 0) is 50.7 Å². The number of aliphatic hydroxyl groups is 1. The van der Waals surface area contributed by atoms with Crippen LogP contribution in [0.15, 0.2) is 18.2 Å². The molecule has 0 heterocycles. The summed E-state index contributed by atoms with van der Waals surface area (Å²) in [5.74, 6) is 0.182.